The molecule has 1 aromatic heterocycles. The SMILES string of the molecule is CC(=O)NCCNC(=O)Cc1csc(-c2cccc(Br)c2)n1. The van der Waals surface area contributed by atoms with Crippen LogP contribution in [0.15, 0.2) is 34.1 Å². The van der Waals surface area contributed by atoms with Gasteiger partial charge < -0.3 is 10.6 Å². The molecule has 22 heavy (non-hydrogen) atoms. The van der Waals surface area contributed by atoms with Crippen LogP contribution in [-0.4, -0.2) is 29.9 Å². The molecule has 2 aromatic rings. The average Bonchev–Trinajstić information content (AvgIpc) is 2.92. The third-order valence-electron chi connectivity index (χ3n) is 2.79. The highest BCUT2D eigenvalue weighted by molar-refractivity contribution is 9.10. The molecule has 0 saturated carbocycles. The minimum Gasteiger partial charge on any atom is -0.355 e. The number of nitrogens with zero attached hydrogens (tertiary/aromatic N) is 1. The van der Waals surface area contributed by atoms with E-state index in [4.69, 9.17) is 0 Å². The molecule has 0 aliphatic heterocycles. The maximum absolute atomic E-state index is 11.8. The molecule has 0 saturated heterocycles. The quantitative estimate of drug-likeness (QED) is 0.754. The van der Waals surface area contributed by atoms with Crippen LogP contribution in [0.1, 0.15) is 12.6 Å². The zero-order valence-electron chi connectivity index (χ0n) is 12.1. The number of carbonyl (C=O) groups excluding carboxylic acids is 2. The molecule has 5 nitrogen and oxygen atoms in total. The van der Waals surface area contributed by atoms with Gasteiger partial charge in [0.15, 0.2) is 0 Å². The Hall–Kier alpha value is -1.73. The van der Waals surface area contributed by atoms with Crippen molar-refractivity contribution in [2.45, 2.75) is 13.3 Å². The molecule has 2 amide bonds. The lowest BCUT2D eigenvalue weighted by atomic mass is 10.2. The van der Waals surface area contributed by atoms with Gasteiger partial charge in [-0.15, -0.1) is 11.3 Å². The molecule has 2 rings (SSSR count). The lowest BCUT2D eigenvalue weighted by Gasteiger charge is -2.04. The number of aromatic nitrogens is 1. The standard InChI is InChI=1S/C15H16BrN3O2S/c1-10(20)17-5-6-18-14(21)8-13-9-22-15(19-13)11-3-2-4-12(16)7-11/h2-4,7,9H,5-6,8H2,1H3,(H,17,20)(H,18,21). The topological polar surface area (TPSA) is 71.1 Å². The minimum absolute atomic E-state index is 0.101. The van der Waals surface area contributed by atoms with E-state index >= 15 is 0 Å². The summed E-state index contributed by atoms with van der Waals surface area (Å²) in [6.45, 7) is 2.29. The summed E-state index contributed by atoms with van der Waals surface area (Å²) in [7, 11) is 0. The monoisotopic (exact) mass is 381 g/mol. The fraction of sp³-hybridized carbons (Fsp3) is 0.267. The van der Waals surface area contributed by atoms with Crippen molar-refractivity contribution in [3.63, 3.8) is 0 Å². The van der Waals surface area contributed by atoms with Crippen LogP contribution in [0.2, 0.25) is 0 Å². The van der Waals surface area contributed by atoms with Gasteiger partial charge in [0.2, 0.25) is 11.8 Å². The Morgan fingerprint density at radius 1 is 1.27 bits per heavy atom. The summed E-state index contributed by atoms with van der Waals surface area (Å²) < 4.78 is 0.998. The molecule has 0 unspecified atom stereocenters. The van der Waals surface area contributed by atoms with Crippen LogP contribution in [0.25, 0.3) is 10.6 Å². The molecule has 2 N–H and O–H groups in total. The highest BCUT2D eigenvalue weighted by atomic mass is 79.9. The highest BCUT2D eigenvalue weighted by Gasteiger charge is 2.09. The Labute approximate surface area is 141 Å². The lowest BCUT2D eigenvalue weighted by molar-refractivity contribution is -0.121. The Bertz CT molecular complexity index is 672. The van der Waals surface area contributed by atoms with E-state index < -0.39 is 0 Å². The van der Waals surface area contributed by atoms with Crippen molar-refractivity contribution in [2.75, 3.05) is 13.1 Å². The van der Waals surface area contributed by atoms with Gasteiger partial charge in [-0.25, -0.2) is 4.98 Å². The molecule has 116 valence electrons. The van der Waals surface area contributed by atoms with E-state index in [2.05, 4.69) is 31.5 Å². The van der Waals surface area contributed by atoms with Crippen LogP contribution in [0.4, 0.5) is 0 Å². The Morgan fingerprint density at radius 2 is 2.05 bits per heavy atom. The second-order valence-electron chi connectivity index (χ2n) is 4.66. The molecule has 0 aliphatic carbocycles. The first-order valence-electron chi connectivity index (χ1n) is 6.76. The Morgan fingerprint density at radius 3 is 2.77 bits per heavy atom. The van der Waals surface area contributed by atoms with Gasteiger partial charge >= 0.3 is 0 Å². The first kappa shape index (κ1) is 16.6. The van der Waals surface area contributed by atoms with Crippen LogP contribution in [0.5, 0.6) is 0 Å². The van der Waals surface area contributed by atoms with Crippen molar-refractivity contribution in [3.8, 4) is 10.6 Å². The normalized spacial score (nSPS) is 10.3. The Kier molecular flexibility index (Phi) is 6.09. The second kappa shape index (κ2) is 8.05. The van der Waals surface area contributed by atoms with Gasteiger partial charge in [0.1, 0.15) is 5.01 Å². The molecule has 0 fully saturated rings. The molecule has 0 bridgehead atoms. The average molecular weight is 382 g/mol. The molecule has 0 radical (unpaired) electrons. The molecule has 1 aromatic carbocycles. The summed E-state index contributed by atoms with van der Waals surface area (Å²) in [5.41, 5.74) is 1.77. The molecular formula is C15H16BrN3O2S. The number of carbonyl (C=O) groups is 2. The number of nitrogens with one attached hydrogen (secondary N) is 2. The van der Waals surface area contributed by atoms with E-state index in [9.17, 15) is 9.59 Å². The number of rotatable bonds is 6. The minimum atomic E-state index is -0.104. The smallest absolute Gasteiger partial charge is 0.226 e. The maximum Gasteiger partial charge on any atom is 0.226 e. The number of halogens is 1. The van der Waals surface area contributed by atoms with Crippen molar-refractivity contribution in [1.82, 2.24) is 15.6 Å². The number of thiazole rings is 1. The zero-order valence-corrected chi connectivity index (χ0v) is 14.5. The van der Waals surface area contributed by atoms with Gasteiger partial charge in [0, 0.05) is 35.4 Å². The summed E-state index contributed by atoms with van der Waals surface area (Å²) in [6, 6.07) is 7.90. The van der Waals surface area contributed by atoms with E-state index in [0.717, 1.165) is 20.7 Å². The van der Waals surface area contributed by atoms with E-state index in [0.29, 0.717) is 13.1 Å². The summed E-state index contributed by atoms with van der Waals surface area (Å²) in [4.78, 5) is 27.0. The van der Waals surface area contributed by atoms with Crippen LogP contribution < -0.4 is 10.6 Å². The number of hydrogen-bond donors (Lipinski definition) is 2. The molecule has 1 heterocycles. The highest BCUT2D eigenvalue weighted by Crippen LogP contribution is 2.26. The number of hydrogen-bond acceptors (Lipinski definition) is 4. The number of amides is 2. The van der Waals surface area contributed by atoms with Gasteiger partial charge in [-0.2, -0.15) is 0 Å². The maximum atomic E-state index is 11.8. The van der Waals surface area contributed by atoms with E-state index in [1.807, 2.05) is 29.6 Å². The van der Waals surface area contributed by atoms with Crippen molar-refractivity contribution in [1.29, 1.82) is 0 Å². The second-order valence-corrected chi connectivity index (χ2v) is 6.44. The summed E-state index contributed by atoms with van der Waals surface area (Å²) in [5.74, 6) is -0.205. The summed E-state index contributed by atoms with van der Waals surface area (Å²) in [5, 5.41) is 8.16. The molecule has 7 heteroatoms. The molecule has 0 aliphatic rings. The van der Waals surface area contributed by atoms with Crippen molar-refractivity contribution >= 4 is 39.1 Å². The zero-order chi connectivity index (χ0) is 15.9. The largest absolute Gasteiger partial charge is 0.355 e. The lowest BCUT2D eigenvalue weighted by Crippen LogP contribution is -2.34. The molecular weight excluding hydrogens is 366 g/mol. The van der Waals surface area contributed by atoms with E-state index in [-0.39, 0.29) is 18.2 Å². The third-order valence-corrected chi connectivity index (χ3v) is 4.22. The Balaban J connectivity index is 1.86. The van der Waals surface area contributed by atoms with Crippen molar-refractivity contribution < 1.29 is 9.59 Å². The van der Waals surface area contributed by atoms with E-state index in [1.165, 1.54) is 18.3 Å². The predicted molar refractivity (Wildman–Crippen MR) is 90.6 cm³/mol. The predicted octanol–water partition coefficient (Wildman–Crippen LogP) is 2.37. The third kappa shape index (κ3) is 5.23. The number of benzene rings is 1. The van der Waals surface area contributed by atoms with Crippen LogP contribution in [0.3, 0.4) is 0 Å². The van der Waals surface area contributed by atoms with Crippen LogP contribution in [0, 0.1) is 0 Å². The summed E-state index contributed by atoms with van der Waals surface area (Å²) >= 11 is 4.95. The first-order valence-corrected chi connectivity index (χ1v) is 8.43. The molecule has 0 atom stereocenters. The molecule has 0 spiro atoms. The van der Waals surface area contributed by atoms with Gasteiger partial charge in [-0.1, -0.05) is 28.1 Å². The van der Waals surface area contributed by atoms with Gasteiger partial charge in [-0.3, -0.25) is 9.59 Å². The van der Waals surface area contributed by atoms with Crippen molar-refractivity contribution in [2.24, 2.45) is 0 Å². The van der Waals surface area contributed by atoms with E-state index in [1.54, 1.807) is 0 Å². The first-order chi connectivity index (χ1) is 10.5. The van der Waals surface area contributed by atoms with Gasteiger partial charge in [0.25, 0.3) is 0 Å². The van der Waals surface area contributed by atoms with Crippen molar-refractivity contribution in [3.05, 3.63) is 39.8 Å². The fourth-order valence-electron chi connectivity index (χ4n) is 1.81. The fourth-order valence-corrected chi connectivity index (χ4v) is 3.03. The van der Waals surface area contributed by atoms with Crippen LogP contribution >= 0.6 is 27.3 Å². The van der Waals surface area contributed by atoms with Gasteiger partial charge in [-0.05, 0) is 12.1 Å². The van der Waals surface area contributed by atoms with Gasteiger partial charge in [0.05, 0.1) is 12.1 Å². The van der Waals surface area contributed by atoms with Crippen LogP contribution in [-0.2, 0) is 16.0 Å². The summed E-state index contributed by atoms with van der Waals surface area (Å²) in [6.07, 6.45) is 0.241.